The Labute approximate surface area is 429 Å². The van der Waals surface area contributed by atoms with Crippen LogP contribution in [-0.4, -0.2) is 116 Å². The summed E-state index contributed by atoms with van der Waals surface area (Å²) in [5, 5.41) is 5.66. The summed E-state index contributed by atoms with van der Waals surface area (Å²) in [5.41, 5.74) is 12.7. The van der Waals surface area contributed by atoms with Gasteiger partial charge in [0, 0.05) is 12.1 Å². The number of aromatic amines is 2. The molecule has 3 aromatic carbocycles. The predicted octanol–water partition coefficient (Wildman–Crippen LogP) is 10.1. The zero-order chi connectivity index (χ0) is 49.6. The largest absolute Gasteiger partial charge is 0.453 e. The first kappa shape index (κ1) is 48.5. The number of carbonyl (C=O) groups is 4. The number of fused-ring (bicyclic) bond motifs is 6. The van der Waals surface area contributed by atoms with Gasteiger partial charge < -0.3 is 39.9 Å². The topological polar surface area (TPSA) is 175 Å². The van der Waals surface area contributed by atoms with Crippen LogP contribution in [0.1, 0.15) is 111 Å². The number of hydrogen-bond acceptors (Lipinski definition) is 10. The number of imidazole rings is 2. The minimum Gasteiger partial charge on any atom is -0.453 e. The molecule has 2 aliphatic heterocycles. The van der Waals surface area contributed by atoms with Gasteiger partial charge in [0.2, 0.25) is 11.8 Å². The average molecular weight is 1010 g/mol. The van der Waals surface area contributed by atoms with Gasteiger partial charge in [-0.1, -0.05) is 48.1 Å². The Morgan fingerprint density at radius 3 is 1.83 bits per heavy atom. The minimum absolute atomic E-state index is 0.0535. The summed E-state index contributed by atoms with van der Waals surface area (Å²) in [4.78, 5) is 75.0. The van der Waals surface area contributed by atoms with Crippen LogP contribution in [0.2, 0.25) is 0 Å². The number of ether oxygens (including phenoxy) is 2. The minimum atomic E-state index is -0.653. The van der Waals surface area contributed by atoms with Crippen molar-refractivity contribution < 1.29 is 28.7 Å². The second-order valence-electron chi connectivity index (χ2n) is 20.8. The van der Waals surface area contributed by atoms with E-state index < -0.39 is 24.3 Å². The van der Waals surface area contributed by atoms with E-state index in [2.05, 4.69) is 87.4 Å². The molecule has 14 rings (SSSR count). The maximum absolute atomic E-state index is 14.3. The fourth-order valence-corrected chi connectivity index (χ4v) is 14.1. The van der Waals surface area contributed by atoms with Crippen LogP contribution in [0, 0.1) is 17.8 Å². The van der Waals surface area contributed by atoms with E-state index in [0.717, 1.165) is 121 Å². The van der Waals surface area contributed by atoms with Crippen molar-refractivity contribution in [2.24, 2.45) is 17.8 Å². The third kappa shape index (κ3) is 9.30. The zero-order valence-electron chi connectivity index (χ0n) is 41.7. The summed E-state index contributed by atoms with van der Waals surface area (Å²) in [7, 11) is 2.67. The third-order valence-corrected chi connectivity index (χ3v) is 18.0. The third-order valence-electron chi connectivity index (χ3n) is 16.7. The summed E-state index contributed by atoms with van der Waals surface area (Å²) in [6.07, 6.45) is 19.5. The second-order valence-corrected chi connectivity index (χ2v) is 22.8. The number of piperidine rings is 2. The Morgan fingerprint density at radius 1 is 0.694 bits per heavy atom. The summed E-state index contributed by atoms with van der Waals surface area (Å²) >= 11 is 3.31. The van der Waals surface area contributed by atoms with Gasteiger partial charge in [-0.15, -0.1) is 0 Å². The van der Waals surface area contributed by atoms with Gasteiger partial charge >= 0.3 is 12.2 Å². The van der Waals surface area contributed by atoms with Crippen molar-refractivity contribution in [2.75, 3.05) is 38.2 Å². The molecule has 72 heavy (non-hydrogen) atoms. The number of hydrogen-bond donors (Lipinski definition) is 4. The average Bonchev–Trinajstić information content (AvgIpc) is 4.28. The lowest BCUT2D eigenvalue weighted by molar-refractivity contribution is -0.139. The normalized spacial score (nSPS) is 25.0. The fraction of sp³-hybridized carbons (Fsp3) is 0.500. The number of allylic oxidation sites excluding steroid dienone is 4. The molecule has 8 bridgehead atoms. The highest BCUT2D eigenvalue weighted by molar-refractivity contribution is 7.98. The van der Waals surface area contributed by atoms with E-state index in [4.69, 9.17) is 19.4 Å². The monoisotopic (exact) mass is 1010 g/mol. The molecule has 4 amide bonds. The number of nitrogens with one attached hydrogen (secondary N) is 4. The standard InChI is InChI=1S/C56H66N8O6S2/c1-69-55(67)61-45(21-23-71-3)53(65)63-39-17-13-37(27-39)49(63)51-57-43-19-15-35(29-47(43)59-51)41-25-31-5-9-33(41)11-7-32-6-10-34(12-8-31)42(26-32)36-16-20-44-48(30-36)60-52(58-44)50-38-14-18-40(28-38)64(50)54(66)46(22-24-72-4)62-56(68)70-2/h5-6,9,15-16,19-20,25-26,29-30,34,37-40,45-46,49-50H,7-8,10-14,17-18,21-24,27-28H2,1-4H3,(H,57,59)(H,58,60)(H,61,67)(H,62,68)/t34-,37?,38?,39?,40?,45+,46+,49+,50+/m1/s1. The smallest absolute Gasteiger partial charge is 0.407 e. The molecule has 5 aromatic rings. The lowest BCUT2D eigenvalue weighted by Crippen LogP contribution is -2.52. The summed E-state index contributed by atoms with van der Waals surface area (Å²) in [5.74, 6) is 4.02. The summed E-state index contributed by atoms with van der Waals surface area (Å²) in [6, 6.07) is 18.8. The molecule has 0 spiro atoms. The first-order valence-electron chi connectivity index (χ1n) is 25.9. The summed E-state index contributed by atoms with van der Waals surface area (Å²) in [6.45, 7) is 0. The van der Waals surface area contributed by atoms with Gasteiger partial charge in [0.1, 0.15) is 23.7 Å². The van der Waals surface area contributed by atoms with Crippen molar-refractivity contribution >= 4 is 75.2 Å². The van der Waals surface area contributed by atoms with Gasteiger partial charge in [0.15, 0.2) is 0 Å². The molecular weight excluding hydrogens is 945 g/mol. The van der Waals surface area contributed by atoms with E-state index >= 15 is 0 Å². The SMILES string of the molecule is COC(=O)N[C@@H](CCSC)C(=O)N1C2CCC(C2)[C@H]1c1nc2ccc(C3=CC4=CC[C@@H]3CCc3ccc(c(-c5ccc6nc([C@@H]7C8CCC(C8)N7C(=O)[C@H](CCSC)NC(=O)OC)[nH]c6c5)c3)CC4)cc2[nH]1. The number of methoxy groups -OCH3 is 2. The van der Waals surface area contributed by atoms with Crippen LogP contribution in [0.4, 0.5) is 9.59 Å². The number of amides is 4. The Bertz CT molecular complexity index is 2970. The number of thioether (sulfide) groups is 2. The number of aromatic nitrogens is 4. The van der Waals surface area contributed by atoms with Crippen molar-refractivity contribution in [3.8, 4) is 11.1 Å². The van der Waals surface area contributed by atoms with Crippen molar-refractivity contribution in [3.05, 3.63) is 101 Å². The predicted molar refractivity (Wildman–Crippen MR) is 285 cm³/mol. The van der Waals surface area contributed by atoms with Crippen molar-refractivity contribution in [3.63, 3.8) is 0 Å². The van der Waals surface area contributed by atoms with E-state index in [1.165, 1.54) is 47.6 Å². The van der Waals surface area contributed by atoms with Gasteiger partial charge in [-0.05, 0) is 183 Å². The van der Waals surface area contributed by atoms with Crippen LogP contribution in [0.5, 0.6) is 0 Å². The number of carbonyl (C=O) groups excluding carboxylic acids is 4. The maximum Gasteiger partial charge on any atom is 0.407 e. The number of benzene rings is 3. The molecule has 2 aromatic heterocycles. The number of alkyl carbamates (subject to hydrolysis) is 2. The number of aryl methyl sites for hydroxylation is 2. The molecule has 4 fully saturated rings. The zero-order valence-corrected chi connectivity index (χ0v) is 43.3. The van der Waals surface area contributed by atoms with Crippen molar-refractivity contribution in [1.29, 1.82) is 0 Å². The number of rotatable bonds is 14. The van der Waals surface area contributed by atoms with E-state index in [9.17, 15) is 19.2 Å². The highest BCUT2D eigenvalue weighted by atomic mass is 32.2. The molecule has 14 nitrogen and oxygen atoms in total. The van der Waals surface area contributed by atoms with Crippen molar-refractivity contribution in [1.82, 2.24) is 40.4 Å². The highest BCUT2D eigenvalue weighted by Gasteiger charge is 2.52. The Balaban J connectivity index is 0.825. The fourth-order valence-electron chi connectivity index (χ4n) is 13.2. The first-order chi connectivity index (χ1) is 35.1. The molecule has 4 N–H and O–H groups in total. The first-order valence-corrected chi connectivity index (χ1v) is 28.7. The molecule has 378 valence electrons. The van der Waals surface area contributed by atoms with Gasteiger partial charge in [-0.3, -0.25) is 9.59 Å². The van der Waals surface area contributed by atoms with E-state index in [0.29, 0.717) is 30.6 Å². The molecule has 2 saturated heterocycles. The van der Waals surface area contributed by atoms with E-state index in [1.807, 2.05) is 22.3 Å². The number of nitrogens with zero attached hydrogens (tertiary/aromatic N) is 4. The van der Waals surface area contributed by atoms with Crippen LogP contribution in [0.3, 0.4) is 0 Å². The van der Waals surface area contributed by atoms with Gasteiger partial charge in [0.05, 0.1) is 48.4 Å². The molecule has 4 unspecified atom stereocenters. The van der Waals surface area contributed by atoms with Crippen LogP contribution >= 0.6 is 23.5 Å². The van der Waals surface area contributed by atoms with Crippen molar-refractivity contribution in [2.45, 2.75) is 120 Å². The van der Waals surface area contributed by atoms with Crippen LogP contribution in [-0.2, 0) is 31.9 Å². The lowest BCUT2D eigenvalue weighted by Gasteiger charge is -2.36. The quantitative estimate of drug-likeness (QED) is 0.0838. The van der Waals surface area contributed by atoms with Crippen LogP contribution in [0.15, 0.2) is 72.3 Å². The van der Waals surface area contributed by atoms with Crippen LogP contribution in [0.25, 0.3) is 38.8 Å². The Hall–Kier alpha value is -5.74. The highest BCUT2D eigenvalue weighted by Crippen LogP contribution is 2.52. The van der Waals surface area contributed by atoms with E-state index in [1.54, 1.807) is 23.5 Å². The molecule has 7 aliphatic carbocycles. The van der Waals surface area contributed by atoms with Crippen LogP contribution < -0.4 is 10.6 Å². The molecule has 9 atom stereocenters. The maximum atomic E-state index is 14.3. The molecular formula is C56H66N8O6S2. The Morgan fingerprint density at radius 2 is 1.26 bits per heavy atom. The lowest BCUT2D eigenvalue weighted by atomic mass is 9.79. The summed E-state index contributed by atoms with van der Waals surface area (Å²) < 4.78 is 9.83. The molecule has 2 saturated carbocycles. The van der Waals surface area contributed by atoms with Gasteiger partial charge in [-0.25, -0.2) is 19.6 Å². The van der Waals surface area contributed by atoms with Gasteiger partial charge in [-0.2, -0.15) is 23.5 Å². The molecule has 4 heterocycles. The van der Waals surface area contributed by atoms with Gasteiger partial charge in [0.25, 0.3) is 0 Å². The molecule has 16 heteroatoms. The van der Waals surface area contributed by atoms with E-state index in [-0.39, 0.29) is 36.0 Å². The number of H-pyrrole nitrogens is 2. The second kappa shape index (κ2) is 20.6. The molecule has 0 radical (unpaired) electrons. The molecule has 9 aliphatic rings. The Kier molecular flexibility index (Phi) is 13.9. The number of likely N-dealkylation sites (tertiary alicyclic amines) is 2.